The van der Waals surface area contributed by atoms with E-state index in [1.165, 1.54) is 11.8 Å². The van der Waals surface area contributed by atoms with Gasteiger partial charge in [0.15, 0.2) is 0 Å². The van der Waals surface area contributed by atoms with Gasteiger partial charge in [-0.15, -0.1) is 11.8 Å². The molecule has 1 amide bonds. The Kier molecular flexibility index (Phi) is 15.4. The number of nitrogens with zero attached hydrogens (tertiary/aromatic N) is 2. The number of carbonyl (C=O) groups excluding carboxylic acids is 1. The monoisotopic (exact) mass is 647 g/mol. The number of nitrogen functional groups attached to an aromatic ring is 1. The number of aromatic nitrogens is 2. The molecule has 0 unspecified atom stereocenters. The molecule has 0 radical (unpaired) electrons. The molecule has 0 saturated carbocycles. The Balaban J connectivity index is 0.00000104. The van der Waals surface area contributed by atoms with Crippen LogP contribution >= 0.6 is 11.8 Å². The lowest BCUT2D eigenvalue weighted by Gasteiger charge is -2.11. The van der Waals surface area contributed by atoms with Gasteiger partial charge in [-0.05, 0) is 37.1 Å². The number of rotatable bonds is 9. The molecule has 0 aliphatic rings. The number of aliphatic hydroxyl groups excluding tert-OH is 1. The van der Waals surface area contributed by atoms with Gasteiger partial charge in [-0.1, -0.05) is 6.07 Å². The Morgan fingerprint density at radius 2 is 1.44 bits per heavy atom. The van der Waals surface area contributed by atoms with Gasteiger partial charge >= 0.3 is 30.3 Å². The van der Waals surface area contributed by atoms with Crippen molar-refractivity contribution < 1.29 is 65.9 Å². The predicted octanol–water partition coefficient (Wildman–Crippen LogP) is 2.23. The van der Waals surface area contributed by atoms with Crippen molar-refractivity contribution in [3.63, 3.8) is 0 Å². The molecule has 1 aromatic heterocycles. The van der Waals surface area contributed by atoms with Gasteiger partial charge in [0.05, 0.1) is 17.4 Å². The smallest absolute Gasteiger partial charge is 0.478 e. The maximum atomic E-state index is 11.8. The zero-order chi connectivity index (χ0) is 33.7. The molecule has 1 aromatic carbocycles. The predicted molar refractivity (Wildman–Crippen MR) is 139 cm³/mol. The number of amides is 1. The number of hydrogen-bond acceptors (Lipinski definition) is 10. The third-order valence-corrected chi connectivity index (χ3v) is 5.58. The summed E-state index contributed by atoms with van der Waals surface area (Å²) in [4.78, 5) is 49.4. The lowest BCUT2D eigenvalue weighted by Crippen LogP contribution is -2.36. The fraction of sp³-hybridized carbons (Fsp3) is 0.391. The molecule has 0 aliphatic carbocycles. The van der Waals surface area contributed by atoms with Crippen molar-refractivity contribution in [2.75, 3.05) is 24.6 Å². The Morgan fingerprint density at radius 1 is 0.930 bits per heavy atom. The van der Waals surface area contributed by atoms with Crippen molar-refractivity contribution >= 4 is 41.5 Å². The SMILES string of the molecule is Cc1cc(C)c(-c2cc(SCCC(=O)NC[C@H](O)CN)nc(N)n2)cc1C(=O)O.O=C(O)C(F)(F)F.O=C(O)C(F)(F)F. The number of carbonyl (C=O) groups is 4. The van der Waals surface area contributed by atoms with Gasteiger partial charge < -0.3 is 37.2 Å². The van der Waals surface area contributed by atoms with Crippen molar-refractivity contribution in [1.29, 1.82) is 0 Å². The van der Waals surface area contributed by atoms with E-state index in [0.29, 0.717) is 27.6 Å². The number of halogens is 6. The van der Waals surface area contributed by atoms with Crippen LogP contribution in [0.2, 0.25) is 0 Å². The molecule has 0 fully saturated rings. The number of hydrogen-bond donors (Lipinski definition) is 7. The molecule has 0 bridgehead atoms. The molecule has 13 nitrogen and oxygen atoms in total. The van der Waals surface area contributed by atoms with Crippen LogP contribution in [0.1, 0.15) is 27.9 Å². The molecule has 0 saturated heterocycles. The number of aromatic carboxylic acids is 1. The maximum absolute atomic E-state index is 11.8. The van der Waals surface area contributed by atoms with E-state index in [1.54, 1.807) is 25.1 Å². The molecule has 2 rings (SSSR count). The summed E-state index contributed by atoms with van der Waals surface area (Å²) >= 11 is 1.34. The number of thioether (sulfide) groups is 1. The minimum atomic E-state index is -5.08. The Hall–Kier alpha value is -4.17. The molecule has 0 spiro atoms. The number of aliphatic hydroxyl groups is 1. The van der Waals surface area contributed by atoms with E-state index in [4.69, 9.17) is 31.3 Å². The zero-order valence-electron chi connectivity index (χ0n) is 22.3. The van der Waals surface area contributed by atoms with Crippen molar-refractivity contribution in [2.24, 2.45) is 5.73 Å². The second-order valence-corrected chi connectivity index (χ2v) is 9.25. The molecule has 240 valence electrons. The van der Waals surface area contributed by atoms with E-state index in [2.05, 4.69) is 15.3 Å². The number of alkyl halides is 6. The van der Waals surface area contributed by atoms with Gasteiger partial charge in [0, 0.05) is 30.8 Å². The van der Waals surface area contributed by atoms with Crippen LogP contribution in [0.4, 0.5) is 32.3 Å². The van der Waals surface area contributed by atoms with Gasteiger partial charge in [-0.3, -0.25) is 4.79 Å². The average Bonchev–Trinajstić information content (AvgIpc) is 2.86. The van der Waals surface area contributed by atoms with Crippen molar-refractivity contribution in [2.45, 2.75) is 43.8 Å². The van der Waals surface area contributed by atoms with Crippen LogP contribution in [0.15, 0.2) is 23.2 Å². The molecule has 1 heterocycles. The molecular weight excluding hydrogens is 620 g/mol. The maximum Gasteiger partial charge on any atom is 0.490 e. The summed E-state index contributed by atoms with van der Waals surface area (Å²) in [6.07, 6.45) is -10.7. The van der Waals surface area contributed by atoms with Gasteiger partial charge in [0.1, 0.15) is 5.03 Å². The average molecular weight is 648 g/mol. The second-order valence-electron chi connectivity index (χ2n) is 8.13. The largest absolute Gasteiger partial charge is 0.490 e. The Labute approximate surface area is 243 Å². The van der Waals surface area contributed by atoms with Crippen LogP contribution in [0.3, 0.4) is 0 Å². The number of benzene rings is 1. The minimum absolute atomic E-state index is 0.0670. The zero-order valence-corrected chi connectivity index (χ0v) is 23.1. The van der Waals surface area contributed by atoms with Crippen LogP contribution in [-0.2, 0) is 14.4 Å². The van der Waals surface area contributed by atoms with E-state index in [9.17, 15) is 46.1 Å². The fourth-order valence-corrected chi connectivity index (χ4v) is 3.51. The summed E-state index contributed by atoms with van der Waals surface area (Å²) in [6.45, 7) is 3.82. The minimum Gasteiger partial charge on any atom is -0.478 e. The van der Waals surface area contributed by atoms with Crippen LogP contribution in [0.25, 0.3) is 11.3 Å². The highest BCUT2D eigenvalue weighted by Gasteiger charge is 2.38. The summed E-state index contributed by atoms with van der Waals surface area (Å²) in [5.74, 6) is -6.20. The van der Waals surface area contributed by atoms with Crippen molar-refractivity contribution in [3.05, 3.63) is 34.9 Å². The number of nitrogens with two attached hydrogens (primary N) is 2. The van der Waals surface area contributed by atoms with E-state index < -0.39 is 36.4 Å². The van der Waals surface area contributed by atoms with Crippen LogP contribution in [-0.4, -0.2) is 91.5 Å². The Morgan fingerprint density at radius 3 is 1.88 bits per heavy atom. The number of anilines is 1. The van der Waals surface area contributed by atoms with Crippen molar-refractivity contribution in [3.8, 4) is 11.3 Å². The first-order valence-corrected chi connectivity index (χ1v) is 12.5. The lowest BCUT2D eigenvalue weighted by atomic mass is 9.98. The number of aryl methyl sites for hydroxylation is 2. The summed E-state index contributed by atoms with van der Waals surface area (Å²) < 4.78 is 63.5. The van der Waals surface area contributed by atoms with E-state index >= 15 is 0 Å². The Bertz CT molecular complexity index is 1270. The number of aliphatic carboxylic acids is 2. The van der Waals surface area contributed by atoms with E-state index in [1.807, 2.05) is 6.92 Å². The van der Waals surface area contributed by atoms with Gasteiger partial charge in [0.25, 0.3) is 0 Å². The highest BCUT2D eigenvalue weighted by molar-refractivity contribution is 7.99. The third-order valence-electron chi connectivity index (χ3n) is 4.67. The molecule has 1 atom stereocenters. The molecule has 9 N–H and O–H groups in total. The van der Waals surface area contributed by atoms with Gasteiger partial charge in [-0.25, -0.2) is 24.4 Å². The summed E-state index contributed by atoms with van der Waals surface area (Å²) in [6, 6.07) is 5.10. The normalized spacial score (nSPS) is 11.7. The fourth-order valence-electron chi connectivity index (χ4n) is 2.67. The number of carboxylic acid groups (broad SMARTS) is 3. The van der Waals surface area contributed by atoms with Crippen LogP contribution in [0, 0.1) is 13.8 Å². The van der Waals surface area contributed by atoms with E-state index in [0.717, 1.165) is 5.56 Å². The van der Waals surface area contributed by atoms with Gasteiger partial charge in [-0.2, -0.15) is 26.3 Å². The molecular formula is C23H27F6N5O8S. The first-order chi connectivity index (χ1) is 19.6. The standard InChI is InChI=1S/C19H25N5O4S.2C2HF3O2/c1-10-5-11(2)14(18(27)28)6-13(10)15-7-17(24-19(21)23-15)29-4-3-16(26)22-9-12(25)8-20;2*3-2(4,5)1(6)7/h5-7,12,25H,3-4,8-9,20H2,1-2H3,(H,22,26)(H,27,28)(H2,21,23,24);2*(H,6,7)/t12-;;/m1../s1. The van der Waals surface area contributed by atoms with Crippen molar-refractivity contribution in [1.82, 2.24) is 15.3 Å². The number of nitrogens with one attached hydrogen (secondary N) is 1. The lowest BCUT2D eigenvalue weighted by molar-refractivity contribution is -0.193. The first-order valence-electron chi connectivity index (χ1n) is 11.5. The molecule has 0 aliphatic heterocycles. The quantitative estimate of drug-likeness (QED) is 0.118. The molecule has 20 heteroatoms. The first kappa shape index (κ1) is 38.8. The molecule has 43 heavy (non-hydrogen) atoms. The van der Waals surface area contributed by atoms with Crippen LogP contribution in [0.5, 0.6) is 0 Å². The number of carboxylic acids is 3. The summed E-state index contributed by atoms with van der Waals surface area (Å²) in [5, 5.41) is 36.2. The topological polar surface area (TPSA) is 239 Å². The highest BCUT2D eigenvalue weighted by atomic mass is 32.2. The van der Waals surface area contributed by atoms with Crippen LogP contribution < -0.4 is 16.8 Å². The highest BCUT2D eigenvalue weighted by Crippen LogP contribution is 2.29. The molecule has 2 aromatic rings. The van der Waals surface area contributed by atoms with E-state index in [-0.39, 0.29) is 36.9 Å². The summed E-state index contributed by atoms with van der Waals surface area (Å²) in [7, 11) is 0. The van der Waals surface area contributed by atoms with Gasteiger partial charge in [0.2, 0.25) is 11.9 Å². The second kappa shape index (κ2) is 17.1. The summed E-state index contributed by atoms with van der Waals surface area (Å²) in [5.41, 5.74) is 14.1. The third kappa shape index (κ3) is 15.0.